The monoisotopic (exact) mass is 518 g/mol. The molecule has 3 aromatic carbocycles. The van der Waals surface area contributed by atoms with E-state index in [9.17, 15) is 4.79 Å². The number of benzene rings is 3. The molecule has 3 aromatic rings. The molecule has 158 valence electrons. The van der Waals surface area contributed by atoms with Crippen LogP contribution in [0.25, 0.3) is 6.08 Å². The smallest absolute Gasteiger partial charge is 0.231 e. The highest BCUT2D eigenvalue weighted by molar-refractivity contribution is 9.10. The summed E-state index contributed by atoms with van der Waals surface area (Å²) in [6.45, 7) is 2.12. The van der Waals surface area contributed by atoms with Crippen LogP contribution in [0, 0.1) is 6.92 Å². The lowest BCUT2D eigenvalue weighted by Gasteiger charge is -2.12. The first-order valence-electron chi connectivity index (χ1n) is 9.35. The van der Waals surface area contributed by atoms with Crippen molar-refractivity contribution in [2.45, 2.75) is 13.5 Å². The van der Waals surface area contributed by atoms with Gasteiger partial charge in [-0.15, -0.1) is 0 Å². The van der Waals surface area contributed by atoms with Gasteiger partial charge in [-0.3, -0.25) is 4.79 Å². The van der Waals surface area contributed by atoms with Crippen LogP contribution in [0.2, 0.25) is 10.0 Å². The molecule has 1 aliphatic heterocycles. The summed E-state index contributed by atoms with van der Waals surface area (Å²) in [5.41, 5.74) is 2.78. The summed E-state index contributed by atoms with van der Waals surface area (Å²) in [5.74, 6) is 1.78. The standard InChI is InChI=1S/C24H17BrCl2O4/c1-13-20(30-12-14-3-5-17(26)11-19(14)27)8-6-18-23(28)22(31-24(13)18)10-15-9-16(25)4-7-21(15)29-2/h3-11H,12H2,1-2H3/b22-10-. The maximum absolute atomic E-state index is 12.9. The van der Waals surface area contributed by atoms with Gasteiger partial charge in [-0.1, -0.05) is 45.2 Å². The van der Waals surface area contributed by atoms with E-state index in [4.69, 9.17) is 37.4 Å². The van der Waals surface area contributed by atoms with Crippen molar-refractivity contribution in [2.24, 2.45) is 0 Å². The summed E-state index contributed by atoms with van der Waals surface area (Å²) in [5, 5.41) is 1.10. The first-order valence-corrected chi connectivity index (χ1v) is 10.9. The number of fused-ring (bicyclic) bond motifs is 1. The maximum Gasteiger partial charge on any atom is 0.231 e. The van der Waals surface area contributed by atoms with Gasteiger partial charge in [0.1, 0.15) is 23.9 Å². The minimum atomic E-state index is -0.188. The molecule has 7 heteroatoms. The van der Waals surface area contributed by atoms with Crippen molar-refractivity contribution in [2.75, 3.05) is 7.11 Å². The Bertz CT molecular complexity index is 1220. The summed E-state index contributed by atoms with van der Waals surface area (Å²) < 4.78 is 18.1. The van der Waals surface area contributed by atoms with Gasteiger partial charge in [0.05, 0.1) is 12.7 Å². The molecule has 0 amide bonds. The van der Waals surface area contributed by atoms with Crippen molar-refractivity contribution in [3.63, 3.8) is 0 Å². The van der Waals surface area contributed by atoms with E-state index >= 15 is 0 Å². The molecule has 0 aliphatic carbocycles. The third-order valence-electron chi connectivity index (χ3n) is 4.91. The fourth-order valence-corrected chi connectivity index (χ4v) is 4.12. The highest BCUT2D eigenvalue weighted by atomic mass is 79.9. The van der Waals surface area contributed by atoms with Crippen LogP contribution in [-0.2, 0) is 6.61 Å². The quantitative estimate of drug-likeness (QED) is 0.332. The summed E-state index contributed by atoms with van der Waals surface area (Å²) in [6.07, 6.45) is 1.68. The van der Waals surface area contributed by atoms with Gasteiger partial charge < -0.3 is 14.2 Å². The number of halogens is 3. The van der Waals surface area contributed by atoms with Gasteiger partial charge >= 0.3 is 0 Å². The Morgan fingerprint density at radius 3 is 2.58 bits per heavy atom. The molecule has 0 aromatic heterocycles. The maximum atomic E-state index is 12.9. The van der Waals surface area contributed by atoms with Crippen LogP contribution < -0.4 is 14.2 Å². The second-order valence-corrected chi connectivity index (χ2v) is 8.68. The molecule has 0 N–H and O–H groups in total. The fourth-order valence-electron chi connectivity index (χ4n) is 3.28. The van der Waals surface area contributed by atoms with Crippen LogP contribution >= 0.6 is 39.1 Å². The van der Waals surface area contributed by atoms with Gasteiger partial charge in [0, 0.05) is 31.2 Å². The van der Waals surface area contributed by atoms with Gasteiger partial charge in [0.2, 0.25) is 5.78 Å². The first-order chi connectivity index (χ1) is 14.9. The molecule has 0 spiro atoms. The third-order valence-corrected chi connectivity index (χ3v) is 5.99. The molecule has 0 saturated carbocycles. The lowest BCUT2D eigenvalue weighted by molar-refractivity contribution is 0.101. The highest BCUT2D eigenvalue weighted by Crippen LogP contribution is 2.40. The second kappa shape index (κ2) is 8.95. The van der Waals surface area contributed by atoms with E-state index in [1.54, 1.807) is 37.5 Å². The third kappa shape index (κ3) is 4.45. The average Bonchev–Trinajstić information content (AvgIpc) is 3.05. The molecule has 0 fully saturated rings. The Kier molecular flexibility index (Phi) is 6.28. The Hall–Kier alpha value is -2.47. The topological polar surface area (TPSA) is 44.8 Å². The van der Waals surface area contributed by atoms with Crippen LogP contribution in [0.5, 0.6) is 17.2 Å². The van der Waals surface area contributed by atoms with Gasteiger partial charge in [-0.25, -0.2) is 0 Å². The largest absolute Gasteiger partial charge is 0.496 e. The van der Waals surface area contributed by atoms with Gasteiger partial charge in [-0.05, 0) is 55.5 Å². The van der Waals surface area contributed by atoms with Crippen LogP contribution in [0.3, 0.4) is 0 Å². The number of methoxy groups -OCH3 is 1. The highest BCUT2D eigenvalue weighted by Gasteiger charge is 2.30. The number of ketones is 1. The average molecular weight is 520 g/mol. The van der Waals surface area contributed by atoms with E-state index in [0.29, 0.717) is 32.9 Å². The predicted octanol–water partition coefficient (Wildman–Crippen LogP) is 7.27. The van der Waals surface area contributed by atoms with Gasteiger partial charge in [-0.2, -0.15) is 0 Å². The van der Waals surface area contributed by atoms with Gasteiger partial charge in [0.15, 0.2) is 5.76 Å². The molecule has 1 heterocycles. The van der Waals surface area contributed by atoms with Crippen LogP contribution in [0.4, 0.5) is 0 Å². The molecule has 0 radical (unpaired) electrons. The van der Waals surface area contributed by atoms with E-state index in [-0.39, 0.29) is 18.1 Å². The molecule has 0 unspecified atom stereocenters. The number of hydrogen-bond donors (Lipinski definition) is 0. The van der Waals surface area contributed by atoms with Crippen molar-refractivity contribution >= 4 is 51.0 Å². The zero-order chi connectivity index (χ0) is 22.1. The summed E-state index contributed by atoms with van der Waals surface area (Å²) in [6, 6.07) is 14.3. The molecule has 0 saturated heterocycles. The normalized spacial score (nSPS) is 13.8. The number of rotatable bonds is 5. The molecule has 4 rings (SSSR count). The van der Waals surface area contributed by atoms with E-state index in [0.717, 1.165) is 21.2 Å². The Balaban J connectivity index is 1.60. The summed E-state index contributed by atoms with van der Waals surface area (Å²) >= 11 is 15.6. The molecule has 0 atom stereocenters. The van der Waals surface area contributed by atoms with Crippen molar-refractivity contribution in [3.05, 3.63) is 91.1 Å². The molecule has 31 heavy (non-hydrogen) atoms. The lowest BCUT2D eigenvalue weighted by atomic mass is 10.1. The minimum Gasteiger partial charge on any atom is -0.496 e. The zero-order valence-electron chi connectivity index (χ0n) is 16.7. The summed E-state index contributed by atoms with van der Waals surface area (Å²) in [7, 11) is 1.58. The molecule has 0 bridgehead atoms. The van der Waals surface area contributed by atoms with Crippen molar-refractivity contribution in [1.82, 2.24) is 0 Å². The number of Topliss-reactive ketones (excluding diaryl/α,β-unsaturated/α-hetero) is 1. The molecule has 4 nitrogen and oxygen atoms in total. The number of carbonyl (C=O) groups excluding carboxylic acids is 1. The van der Waals surface area contributed by atoms with Crippen molar-refractivity contribution in [3.8, 4) is 17.2 Å². The number of hydrogen-bond acceptors (Lipinski definition) is 4. The van der Waals surface area contributed by atoms with Crippen LogP contribution in [0.1, 0.15) is 27.0 Å². The molecular weight excluding hydrogens is 503 g/mol. The zero-order valence-corrected chi connectivity index (χ0v) is 19.8. The molecule has 1 aliphatic rings. The van der Waals surface area contributed by atoms with E-state index < -0.39 is 0 Å². The first kappa shape index (κ1) is 21.8. The predicted molar refractivity (Wildman–Crippen MR) is 126 cm³/mol. The van der Waals surface area contributed by atoms with E-state index in [2.05, 4.69) is 15.9 Å². The Morgan fingerprint density at radius 2 is 1.84 bits per heavy atom. The number of allylic oxidation sites excluding steroid dienone is 1. The van der Waals surface area contributed by atoms with Crippen molar-refractivity contribution in [1.29, 1.82) is 0 Å². The minimum absolute atomic E-state index is 0.188. The SMILES string of the molecule is COc1ccc(Br)cc1/C=C1\Oc2c(ccc(OCc3ccc(Cl)cc3Cl)c2C)C1=O. The number of ether oxygens (including phenoxy) is 3. The summed E-state index contributed by atoms with van der Waals surface area (Å²) in [4.78, 5) is 12.9. The number of carbonyl (C=O) groups is 1. The second-order valence-electron chi connectivity index (χ2n) is 6.92. The fraction of sp³-hybridized carbons (Fsp3) is 0.125. The van der Waals surface area contributed by atoms with Crippen LogP contribution in [0.15, 0.2) is 58.8 Å². The van der Waals surface area contributed by atoms with E-state index in [1.165, 1.54) is 0 Å². The van der Waals surface area contributed by atoms with Gasteiger partial charge in [0.25, 0.3) is 0 Å². The molecular formula is C24H17BrCl2O4. The lowest BCUT2D eigenvalue weighted by Crippen LogP contribution is -1.99. The van der Waals surface area contributed by atoms with Crippen molar-refractivity contribution < 1.29 is 19.0 Å². The Morgan fingerprint density at radius 1 is 1.06 bits per heavy atom. The van der Waals surface area contributed by atoms with Crippen LogP contribution in [-0.4, -0.2) is 12.9 Å². The van der Waals surface area contributed by atoms with E-state index in [1.807, 2.05) is 31.2 Å². The Labute approximate surface area is 198 Å².